The zero-order valence-corrected chi connectivity index (χ0v) is 15.1. The van der Waals surface area contributed by atoms with Gasteiger partial charge in [-0.05, 0) is 40.1 Å². The van der Waals surface area contributed by atoms with Gasteiger partial charge in [-0.2, -0.15) is 10.1 Å². The van der Waals surface area contributed by atoms with E-state index in [1.165, 1.54) is 19.2 Å². The zero-order chi connectivity index (χ0) is 20.2. The van der Waals surface area contributed by atoms with Crippen LogP contribution in [0, 0.1) is 5.82 Å². The number of azo groups is 1. The fraction of sp³-hybridized carbons (Fsp3) is 0.111. The standard InChI is InChI=1S/C18H14FN7O3/c1-28-14-8-10(6-7-13(14)27)9-20-24-16-15(21-12-5-3-2-4-11(12)19)22-17-18(23-16)26-29-25-17/h2-8,27H,9H2,1H3,(H,21,22,25). The molecular formula is C18H14FN7O3. The van der Waals surface area contributed by atoms with Gasteiger partial charge in [0.2, 0.25) is 17.1 Å². The first-order valence-corrected chi connectivity index (χ1v) is 8.39. The predicted molar refractivity (Wildman–Crippen MR) is 100.0 cm³/mol. The van der Waals surface area contributed by atoms with Gasteiger partial charge in [0.1, 0.15) is 5.82 Å². The lowest BCUT2D eigenvalue weighted by molar-refractivity contribution is 0.314. The molecule has 29 heavy (non-hydrogen) atoms. The van der Waals surface area contributed by atoms with Gasteiger partial charge in [0.15, 0.2) is 17.3 Å². The van der Waals surface area contributed by atoms with Gasteiger partial charge in [-0.15, -0.1) is 5.11 Å². The lowest BCUT2D eigenvalue weighted by Crippen LogP contribution is -1.98. The quantitative estimate of drug-likeness (QED) is 0.470. The van der Waals surface area contributed by atoms with Crippen LogP contribution in [-0.4, -0.2) is 32.5 Å². The van der Waals surface area contributed by atoms with Gasteiger partial charge < -0.3 is 15.2 Å². The van der Waals surface area contributed by atoms with Crippen LogP contribution in [0.4, 0.5) is 21.7 Å². The second-order valence-electron chi connectivity index (χ2n) is 5.82. The van der Waals surface area contributed by atoms with Crippen molar-refractivity contribution in [2.24, 2.45) is 10.2 Å². The Morgan fingerprint density at radius 3 is 2.72 bits per heavy atom. The van der Waals surface area contributed by atoms with Crippen molar-refractivity contribution in [1.82, 2.24) is 20.3 Å². The number of hydrogen-bond donors (Lipinski definition) is 2. The Hall–Kier alpha value is -4.15. The summed E-state index contributed by atoms with van der Waals surface area (Å²) in [7, 11) is 1.46. The molecular weight excluding hydrogens is 381 g/mol. The number of benzene rings is 2. The number of ether oxygens (including phenoxy) is 1. The van der Waals surface area contributed by atoms with E-state index in [2.05, 4.69) is 40.5 Å². The maximum absolute atomic E-state index is 14.0. The highest BCUT2D eigenvalue weighted by molar-refractivity contribution is 5.74. The minimum Gasteiger partial charge on any atom is -0.504 e. The molecule has 146 valence electrons. The SMILES string of the molecule is COc1cc(CN=Nc2nc3nonc3nc2Nc2ccccc2F)ccc1O. The van der Waals surface area contributed by atoms with E-state index in [4.69, 9.17) is 4.74 Å². The van der Waals surface area contributed by atoms with E-state index in [1.54, 1.807) is 30.3 Å². The van der Waals surface area contributed by atoms with E-state index in [9.17, 15) is 9.50 Å². The summed E-state index contributed by atoms with van der Waals surface area (Å²) in [6.07, 6.45) is 0. The number of fused-ring (bicyclic) bond motifs is 1. The lowest BCUT2D eigenvalue weighted by Gasteiger charge is -2.07. The molecule has 0 aliphatic rings. The number of aromatic nitrogens is 4. The monoisotopic (exact) mass is 395 g/mol. The summed E-state index contributed by atoms with van der Waals surface area (Å²) < 4.78 is 23.7. The normalized spacial score (nSPS) is 11.2. The van der Waals surface area contributed by atoms with Gasteiger partial charge in [0.05, 0.1) is 19.3 Å². The highest BCUT2D eigenvalue weighted by atomic mass is 19.1. The number of aromatic hydroxyl groups is 1. The highest BCUT2D eigenvalue weighted by Crippen LogP contribution is 2.29. The number of anilines is 2. The first-order valence-electron chi connectivity index (χ1n) is 8.39. The van der Waals surface area contributed by atoms with Crippen molar-refractivity contribution >= 4 is 28.6 Å². The summed E-state index contributed by atoms with van der Waals surface area (Å²) in [5.41, 5.74) is 1.23. The van der Waals surface area contributed by atoms with E-state index >= 15 is 0 Å². The van der Waals surface area contributed by atoms with Crippen molar-refractivity contribution in [1.29, 1.82) is 0 Å². The van der Waals surface area contributed by atoms with E-state index in [1.807, 2.05) is 0 Å². The summed E-state index contributed by atoms with van der Waals surface area (Å²) in [6.45, 7) is 0.187. The van der Waals surface area contributed by atoms with Gasteiger partial charge in [-0.3, -0.25) is 0 Å². The number of hydrogen-bond acceptors (Lipinski definition) is 10. The Kier molecular flexibility index (Phi) is 4.93. The molecule has 0 saturated carbocycles. The highest BCUT2D eigenvalue weighted by Gasteiger charge is 2.14. The summed E-state index contributed by atoms with van der Waals surface area (Å²) in [6, 6.07) is 10.9. The number of phenols is 1. The van der Waals surface area contributed by atoms with E-state index in [-0.39, 0.29) is 40.9 Å². The number of halogens is 1. The number of nitrogens with zero attached hydrogens (tertiary/aromatic N) is 6. The van der Waals surface area contributed by atoms with Crippen molar-refractivity contribution < 1.29 is 18.9 Å². The van der Waals surface area contributed by atoms with Crippen LogP contribution in [-0.2, 0) is 6.54 Å². The fourth-order valence-electron chi connectivity index (χ4n) is 2.48. The van der Waals surface area contributed by atoms with Gasteiger partial charge in [0.25, 0.3) is 0 Å². The second-order valence-corrected chi connectivity index (χ2v) is 5.82. The minimum atomic E-state index is -0.466. The fourth-order valence-corrected chi connectivity index (χ4v) is 2.48. The summed E-state index contributed by atoms with van der Waals surface area (Å²) in [5.74, 6) is 0.119. The third-order valence-corrected chi connectivity index (χ3v) is 3.89. The summed E-state index contributed by atoms with van der Waals surface area (Å²) in [5, 5.41) is 28.0. The van der Waals surface area contributed by atoms with Gasteiger partial charge >= 0.3 is 0 Å². The molecule has 10 nitrogen and oxygen atoms in total. The largest absolute Gasteiger partial charge is 0.504 e. The number of nitrogens with one attached hydrogen (secondary N) is 1. The smallest absolute Gasteiger partial charge is 0.245 e. The minimum absolute atomic E-state index is 0.0272. The second kappa shape index (κ2) is 7.84. The number of methoxy groups -OCH3 is 1. The Morgan fingerprint density at radius 1 is 1.14 bits per heavy atom. The van der Waals surface area contributed by atoms with Crippen molar-refractivity contribution in [2.75, 3.05) is 12.4 Å². The molecule has 0 spiro atoms. The van der Waals surface area contributed by atoms with Crippen LogP contribution >= 0.6 is 0 Å². The molecule has 2 aromatic carbocycles. The molecule has 4 aromatic rings. The molecule has 0 amide bonds. The number of phenolic OH excluding ortho intramolecular Hbond substituents is 1. The van der Waals surface area contributed by atoms with Gasteiger partial charge in [0, 0.05) is 0 Å². The van der Waals surface area contributed by atoms with E-state index in [0.29, 0.717) is 5.75 Å². The first-order chi connectivity index (χ1) is 14.1. The van der Waals surface area contributed by atoms with Crippen molar-refractivity contribution in [3.63, 3.8) is 0 Å². The molecule has 0 aliphatic heterocycles. The molecule has 0 atom stereocenters. The van der Waals surface area contributed by atoms with Crippen molar-refractivity contribution in [3.05, 3.63) is 53.8 Å². The molecule has 11 heteroatoms. The lowest BCUT2D eigenvalue weighted by atomic mass is 10.2. The Labute approximate surface area is 163 Å². The molecule has 0 aliphatic carbocycles. The predicted octanol–water partition coefficient (Wildman–Crippen LogP) is 3.89. The third-order valence-electron chi connectivity index (χ3n) is 3.89. The van der Waals surface area contributed by atoms with Crippen LogP contribution in [0.5, 0.6) is 11.5 Å². The Balaban J connectivity index is 1.63. The van der Waals surface area contributed by atoms with Crippen LogP contribution in [0.2, 0.25) is 0 Å². The molecule has 2 N–H and O–H groups in total. The number of para-hydroxylation sites is 1. The zero-order valence-electron chi connectivity index (χ0n) is 15.1. The van der Waals surface area contributed by atoms with Crippen LogP contribution in [0.3, 0.4) is 0 Å². The van der Waals surface area contributed by atoms with Crippen LogP contribution in [0.15, 0.2) is 57.3 Å². The topological polar surface area (TPSA) is 131 Å². The van der Waals surface area contributed by atoms with Gasteiger partial charge in [-0.1, -0.05) is 18.2 Å². The van der Waals surface area contributed by atoms with Crippen molar-refractivity contribution in [3.8, 4) is 11.5 Å². The van der Waals surface area contributed by atoms with Crippen LogP contribution < -0.4 is 10.1 Å². The Bertz CT molecular complexity index is 1200. The van der Waals surface area contributed by atoms with E-state index < -0.39 is 5.82 Å². The maximum Gasteiger partial charge on any atom is 0.245 e. The first kappa shape index (κ1) is 18.2. The van der Waals surface area contributed by atoms with Crippen molar-refractivity contribution in [2.45, 2.75) is 6.54 Å². The number of rotatable bonds is 6. The average molecular weight is 395 g/mol. The Morgan fingerprint density at radius 2 is 1.93 bits per heavy atom. The molecule has 4 rings (SSSR count). The summed E-state index contributed by atoms with van der Waals surface area (Å²) in [4.78, 5) is 8.42. The third kappa shape index (κ3) is 3.93. The molecule has 2 heterocycles. The summed E-state index contributed by atoms with van der Waals surface area (Å²) >= 11 is 0. The van der Waals surface area contributed by atoms with Crippen LogP contribution in [0.1, 0.15) is 5.56 Å². The maximum atomic E-state index is 14.0. The molecule has 2 aromatic heterocycles. The molecule has 0 unspecified atom stereocenters. The van der Waals surface area contributed by atoms with E-state index in [0.717, 1.165) is 5.56 Å². The molecule has 0 fully saturated rings. The molecule has 0 bridgehead atoms. The van der Waals surface area contributed by atoms with Crippen LogP contribution in [0.25, 0.3) is 11.3 Å². The molecule has 0 saturated heterocycles. The molecule has 0 radical (unpaired) electrons. The van der Waals surface area contributed by atoms with Gasteiger partial charge in [-0.25, -0.2) is 14.0 Å². The average Bonchev–Trinajstić information content (AvgIpc) is 3.18.